The molecule has 0 bridgehead atoms. The highest BCUT2D eigenvalue weighted by Gasteiger charge is 2.28. The Morgan fingerprint density at radius 1 is 1.50 bits per heavy atom. The third-order valence-electron chi connectivity index (χ3n) is 3.31. The van der Waals surface area contributed by atoms with Gasteiger partial charge in [0.25, 0.3) is 0 Å². The van der Waals surface area contributed by atoms with Gasteiger partial charge in [0.2, 0.25) is 0 Å². The lowest BCUT2D eigenvalue weighted by Gasteiger charge is -2.36. The second-order valence-corrected chi connectivity index (χ2v) is 5.77. The van der Waals surface area contributed by atoms with E-state index in [0.717, 1.165) is 25.0 Å². The van der Waals surface area contributed by atoms with E-state index in [4.69, 9.17) is 16.3 Å². The highest BCUT2D eigenvalue weighted by Crippen LogP contribution is 2.25. The van der Waals surface area contributed by atoms with Crippen molar-refractivity contribution in [3.8, 4) is 0 Å². The van der Waals surface area contributed by atoms with Gasteiger partial charge in [0.1, 0.15) is 5.82 Å². The predicted molar refractivity (Wildman–Crippen MR) is 71.3 cm³/mol. The molecule has 1 heterocycles. The van der Waals surface area contributed by atoms with E-state index >= 15 is 0 Å². The van der Waals surface area contributed by atoms with Crippen LogP contribution in [-0.4, -0.2) is 18.2 Å². The summed E-state index contributed by atoms with van der Waals surface area (Å²) in [5, 5.41) is 3.65. The molecule has 18 heavy (non-hydrogen) atoms. The molecule has 1 aromatic rings. The third kappa shape index (κ3) is 3.44. The van der Waals surface area contributed by atoms with E-state index in [-0.39, 0.29) is 16.4 Å². The molecule has 2 rings (SSSR count). The molecule has 4 heteroatoms. The lowest BCUT2D eigenvalue weighted by atomic mass is 9.94. The van der Waals surface area contributed by atoms with Crippen LogP contribution in [0.1, 0.15) is 32.3 Å². The van der Waals surface area contributed by atoms with Crippen LogP contribution in [0.15, 0.2) is 18.2 Å². The van der Waals surface area contributed by atoms with E-state index in [1.54, 1.807) is 6.07 Å². The molecule has 1 aliphatic rings. The molecule has 1 aromatic carbocycles. The Balaban J connectivity index is 1.93. The average Bonchev–Trinajstić information content (AvgIpc) is 2.30. The first-order valence-corrected chi connectivity index (χ1v) is 6.66. The Morgan fingerprint density at radius 3 is 3.00 bits per heavy atom. The van der Waals surface area contributed by atoms with Crippen molar-refractivity contribution in [1.29, 1.82) is 0 Å². The van der Waals surface area contributed by atoms with Crippen LogP contribution in [0, 0.1) is 5.82 Å². The molecule has 0 amide bonds. The first-order chi connectivity index (χ1) is 8.48. The van der Waals surface area contributed by atoms with Crippen molar-refractivity contribution >= 4 is 11.6 Å². The summed E-state index contributed by atoms with van der Waals surface area (Å²) in [5.41, 5.74) is 0.725. The summed E-state index contributed by atoms with van der Waals surface area (Å²) in [6.07, 6.45) is 1.94. The minimum atomic E-state index is -0.358. The van der Waals surface area contributed by atoms with E-state index in [9.17, 15) is 4.39 Å². The smallest absolute Gasteiger partial charge is 0.142 e. The second-order valence-electron chi connectivity index (χ2n) is 5.39. The molecule has 0 radical (unpaired) electrons. The van der Waals surface area contributed by atoms with Crippen molar-refractivity contribution in [3.63, 3.8) is 0 Å². The van der Waals surface area contributed by atoms with Crippen LogP contribution in [0.2, 0.25) is 5.02 Å². The number of rotatable bonds is 3. The fraction of sp³-hybridized carbons (Fsp3) is 0.571. The zero-order valence-corrected chi connectivity index (χ0v) is 11.6. The van der Waals surface area contributed by atoms with Gasteiger partial charge in [-0.15, -0.1) is 0 Å². The molecule has 1 unspecified atom stereocenters. The fourth-order valence-corrected chi connectivity index (χ4v) is 2.54. The first-order valence-electron chi connectivity index (χ1n) is 6.28. The van der Waals surface area contributed by atoms with Crippen molar-refractivity contribution in [2.45, 2.75) is 44.9 Å². The summed E-state index contributed by atoms with van der Waals surface area (Å²) in [5.74, 6) is -0.358. The molecule has 2 nitrogen and oxygen atoms in total. The Morgan fingerprint density at radius 2 is 2.28 bits per heavy atom. The van der Waals surface area contributed by atoms with E-state index in [1.807, 2.05) is 6.07 Å². The molecule has 1 fully saturated rings. The monoisotopic (exact) mass is 271 g/mol. The Labute approximate surface area is 112 Å². The van der Waals surface area contributed by atoms with Crippen molar-refractivity contribution in [1.82, 2.24) is 5.32 Å². The van der Waals surface area contributed by atoms with Gasteiger partial charge in [-0.2, -0.15) is 0 Å². The molecule has 0 aromatic heterocycles. The van der Waals surface area contributed by atoms with E-state index in [2.05, 4.69) is 19.2 Å². The molecule has 1 atom stereocenters. The lowest BCUT2D eigenvalue weighted by Crippen LogP contribution is -2.43. The highest BCUT2D eigenvalue weighted by molar-refractivity contribution is 6.31. The van der Waals surface area contributed by atoms with Crippen LogP contribution in [0.25, 0.3) is 0 Å². The number of benzene rings is 1. The SMILES string of the molecule is CC1(C)CC(NCc2cccc(F)c2Cl)CCO1. The van der Waals surface area contributed by atoms with E-state index < -0.39 is 0 Å². The maximum Gasteiger partial charge on any atom is 0.142 e. The van der Waals surface area contributed by atoms with Crippen molar-refractivity contribution in [2.24, 2.45) is 0 Å². The highest BCUT2D eigenvalue weighted by atomic mass is 35.5. The molecular formula is C14H19ClFNO. The molecule has 1 saturated heterocycles. The van der Waals surface area contributed by atoms with Crippen LogP contribution in [-0.2, 0) is 11.3 Å². The van der Waals surface area contributed by atoms with Gasteiger partial charge >= 0.3 is 0 Å². The lowest BCUT2D eigenvalue weighted by molar-refractivity contribution is -0.0630. The molecule has 1 N–H and O–H groups in total. The Bertz CT molecular complexity index is 422. The van der Waals surface area contributed by atoms with Crippen LogP contribution in [0.5, 0.6) is 0 Å². The van der Waals surface area contributed by atoms with Gasteiger partial charge in [0, 0.05) is 19.2 Å². The summed E-state index contributed by atoms with van der Waals surface area (Å²) in [6, 6.07) is 5.31. The maximum atomic E-state index is 13.3. The fourth-order valence-electron chi connectivity index (χ4n) is 2.35. The number of halogens is 2. The molecular weight excluding hydrogens is 253 g/mol. The standard InChI is InChI=1S/C14H19ClFNO/c1-14(2)8-11(6-7-18-14)17-9-10-4-3-5-12(16)13(10)15/h3-5,11,17H,6-9H2,1-2H3. The average molecular weight is 272 g/mol. The summed E-state index contributed by atoms with van der Waals surface area (Å²) in [4.78, 5) is 0. The Kier molecular flexibility index (Phi) is 4.25. The number of hydrogen-bond donors (Lipinski definition) is 1. The van der Waals surface area contributed by atoms with Gasteiger partial charge in [-0.3, -0.25) is 0 Å². The summed E-state index contributed by atoms with van der Waals surface area (Å²) >= 11 is 5.93. The topological polar surface area (TPSA) is 21.3 Å². The second kappa shape index (κ2) is 5.55. The van der Waals surface area contributed by atoms with Crippen molar-refractivity contribution in [3.05, 3.63) is 34.6 Å². The number of nitrogens with one attached hydrogen (secondary N) is 1. The Hall–Kier alpha value is -0.640. The van der Waals surface area contributed by atoms with Gasteiger partial charge in [-0.25, -0.2) is 4.39 Å². The molecule has 0 aliphatic carbocycles. The van der Waals surface area contributed by atoms with Gasteiger partial charge in [0.15, 0.2) is 0 Å². The van der Waals surface area contributed by atoms with Crippen molar-refractivity contribution in [2.75, 3.05) is 6.61 Å². The zero-order valence-electron chi connectivity index (χ0n) is 10.8. The number of ether oxygens (including phenoxy) is 1. The molecule has 100 valence electrons. The van der Waals surface area contributed by atoms with Crippen molar-refractivity contribution < 1.29 is 9.13 Å². The van der Waals surface area contributed by atoms with E-state index in [0.29, 0.717) is 12.6 Å². The van der Waals surface area contributed by atoms with Crippen LogP contribution in [0.4, 0.5) is 4.39 Å². The maximum absolute atomic E-state index is 13.3. The van der Waals surface area contributed by atoms with Gasteiger partial charge in [-0.05, 0) is 38.3 Å². The van der Waals surface area contributed by atoms with Gasteiger partial charge in [0.05, 0.1) is 10.6 Å². The van der Waals surface area contributed by atoms with E-state index in [1.165, 1.54) is 6.07 Å². The minimum Gasteiger partial charge on any atom is -0.375 e. The summed E-state index contributed by atoms with van der Waals surface area (Å²) in [6.45, 7) is 5.55. The summed E-state index contributed by atoms with van der Waals surface area (Å²) in [7, 11) is 0. The van der Waals surface area contributed by atoms with Crippen LogP contribution in [0.3, 0.4) is 0 Å². The molecule has 1 aliphatic heterocycles. The number of hydrogen-bond acceptors (Lipinski definition) is 2. The first kappa shape index (κ1) is 13.8. The van der Waals surface area contributed by atoms with Gasteiger partial charge in [-0.1, -0.05) is 23.7 Å². The third-order valence-corrected chi connectivity index (χ3v) is 3.73. The van der Waals surface area contributed by atoms with Crippen LogP contribution < -0.4 is 5.32 Å². The summed E-state index contributed by atoms with van der Waals surface area (Å²) < 4.78 is 19.0. The normalized spacial score (nSPS) is 23.0. The quantitative estimate of drug-likeness (QED) is 0.908. The molecule has 0 saturated carbocycles. The predicted octanol–water partition coefficient (Wildman–Crippen LogP) is 3.53. The minimum absolute atomic E-state index is 0.0817. The largest absolute Gasteiger partial charge is 0.375 e. The van der Waals surface area contributed by atoms with Gasteiger partial charge < -0.3 is 10.1 Å². The zero-order chi connectivity index (χ0) is 13.2. The van der Waals surface area contributed by atoms with Crippen LogP contribution >= 0.6 is 11.6 Å². The molecule has 0 spiro atoms.